The molecule has 21 heavy (non-hydrogen) atoms. The molecule has 4 rings (SSSR count). The summed E-state index contributed by atoms with van der Waals surface area (Å²) in [4.78, 5) is 12.4. The molecule has 0 amide bonds. The van der Waals surface area contributed by atoms with Crippen LogP contribution in [0.4, 0.5) is 0 Å². The molecule has 1 aliphatic heterocycles. The highest BCUT2D eigenvalue weighted by Gasteiger charge is 2.48. The Morgan fingerprint density at radius 1 is 1.10 bits per heavy atom. The molecule has 2 heterocycles. The number of hydrogen-bond acceptors (Lipinski definition) is 3. The van der Waals surface area contributed by atoms with Crippen LogP contribution in [0, 0.1) is 5.41 Å². The Kier molecular flexibility index (Phi) is 3.11. The van der Waals surface area contributed by atoms with Gasteiger partial charge >= 0.3 is 0 Å². The molecule has 3 heteroatoms. The summed E-state index contributed by atoms with van der Waals surface area (Å²) >= 11 is 0. The highest BCUT2D eigenvalue weighted by molar-refractivity contribution is 5.21. The molecule has 1 aromatic heterocycles. The van der Waals surface area contributed by atoms with Gasteiger partial charge in [-0.3, -0.25) is 4.90 Å². The van der Waals surface area contributed by atoms with E-state index in [4.69, 9.17) is 9.97 Å². The summed E-state index contributed by atoms with van der Waals surface area (Å²) in [6.45, 7) is 9.35. The van der Waals surface area contributed by atoms with Crippen LogP contribution in [0.25, 0.3) is 0 Å². The van der Waals surface area contributed by atoms with Gasteiger partial charge < -0.3 is 0 Å². The molecule has 0 aromatic carbocycles. The monoisotopic (exact) mass is 285 g/mol. The van der Waals surface area contributed by atoms with E-state index in [-0.39, 0.29) is 0 Å². The van der Waals surface area contributed by atoms with Crippen LogP contribution >= 0.6 is 0 Å². The summed E-state index contributed by atoms with van der Waals surface area (Å²) in [7, 11) is 0. The maximum Gasteiger partial charge on any atom is 0.132 e. The van der Waals surface area contributed by atoms with Crippen molar-refractivity contribution >= 4 is 0 Å². The lowest BCUT2D eigenvalue weighted by atomic mass is 10.1. The smallest absolute Gasteiger partial charge is 0.132 e. The lowest BCUT2D eigenvalue weighted by molar-refractivity contribution is 0.244. The molecule has 3 aliphatic rings. The van der Waals surface area contributed by atoms with Crippen molar-refractivity contribution < 1.29 is 0 Å². The second-order valence-corrected chi connectivity index (χ2v) is 7.90. The van der Waals surface area contributed by atoms with Crippen LogP contribution in [0.2, 0.25) is 0 Å². The van der Waals surface area contributed by atoms with Gasteiger partial charge in [0.1, 0.15) is 5.82 Å². The zero-order valence-electron chi connectivity index (χ0n) is 13.6. The minimum Gasteiger partial charge on any atom is -0.294 e. The van der Waals surface area contributed by atoms with Gasteiger partial charge in [-0.15, -0.1) is 0 Å². The van der Waals surface area contributed by atoms with Crippen molar-refractivity contribution in [1.29, 1.82) is 0 Å². The van der Waals surface area contributed by atoms with E-state index in [2.05, 4.69) is 31.7 Å². The summed E-state index contributed by atoms with van der Waals surface area (Å²) in [6.07, 6.45) is 6.86. The van der Waals surface area contributed by atoms with Gasteiger partial charge in [0.25, 0.3) is 0 Å². The van der Waals surface area contributed by atoms with Crippen LogP contribution in [-0.4, -0.2) is 28.0 Å². The normalized spacial score (nSPS) is 25.7. The first-order chi connectivity index (χ1) is 10.1. The Balaban J connectivity index is 1.60. The molecule has 1 aromatic rings. The third-order valence-corrected chi connectivity index (χ3v) is 5.72. The third-order valence-electron chi connectivity index (χ3n) is 5.72. The van der Waals surface area contributed by atoms with Gasteiger partial charge in [-0.25, -0.2) is 9.97 Å². The topological polar surface area (TPSA) is 29.0 Å². The predicted molar refractivity (Wildman–Crippen MR) is 84.4 cm³/mol. The molecule has 1 saturated heterocycles. The van der Waals surface area contributed by atoms with E-state index in [0.717, 1.165) is 5.82 Å². The van der Waals surface area contributed by atoms with Gasteiger partial charge in [-0.1, -0.05) is 13.8 Å². The molecule has 1 spiro atoms. The van der Waals surface area contributed by atoms with Gasteiger partial charge in [0.15, 0.2) is 0 Å². The zero-order valence-corrected chi connectivity index (χ0v) is 13.6. The van der Waals surface area contributed by atoms with Gasteiger partial charge in [0, 0.05) is 24.2 Å². The Morgan fingerprint density at radius 3 is 2.38 bits per heavy atom. The van der Waals surface area contributed by atoms with Crippen molar-refractivity contribution in [1.82, 2.24) is 14.9 Å². The Morgan fingerprint density at radius 2 is 1.81 bits per heavy atom. The second kappa shape index (κ2) is 4.77. The molecule has 2 aliphatic carbocycles. The quantitative estimate of drug-likeness (QED) is 0.836. The van der Waals surface area contributed by atoms with Crippen LogP contribution in [0.3, 0.4) is 0 Å². The average molecular weight is 285 g/mol. The van der Waals surface area contributed by atoms with E-state index < -0.39 is 0 Å². The van der Waals surface area contributed by atoms with E-state index in [9.17, 15) is 0 Å². The van der Waals surface area contributed by atoms with E-state index in [1.807, 2.05) is 0 Å². The minimum atomic E-state index is 0.447. The standard InChI is InChI=1S/C18H27N3/c1-12(2)15-10-16(20-17(19-15)14-4-5-14)13(3)21-9-8-18(11-21)6-7-18/h10,12-14H,4-9,11H2,1-3H3. The van der Waals surface area contributed by atoms with E-state index in [0.29, 0.717) is 23.3 Å². The molecule has 114 valence electrons. The molecular formula is C18H27N3. The maximum atomic E-state index is 4.94. The van der Waals surface area contributed by atoms with Crippen molar-refractivity contribution in [3.05, 3.63) is 23.3 Å². The van der Waals surface area contributed by atoms with Gasteiger partial charge in [0.2, 0.25) is 0 Å². The zero-order chi connectivity index (χ0) is 14.6. The molecule has 1 atom stereocenters. The Hall–Kier alpha value is -0.960. The number of rotatable bonds is 4. The lowest BCUT2D eigenvalue weighted by Crippen LogP contribution is -2.26. The number of nitrogens with zero attached hydrogens (tertiary/aromatic N) is 3. The highest BCUT2D eigenvalue weighted by Crippen LogP contribution is 2.54. The van der Waals surface area contributed by atoms with Crippen LogP contribution < -0.4 is 0 Å². The molecule has 3 nitrogen and oxygen atoms in total. The van der Waals surface area contributed by atoms with Crippen LogP contribution in [0.5, 0.6) is 0 Å². The summed E-state index contributed by atoms with van der Waals surface area (Å²) in [5, 5.41) is 0. The van der Waals surface area contributed by atoms with E-state index in [1.54, 1.807) is 0 Å². The summed E-state index contributed by atoms with van der Waals surface area (Å²) in [5.41, 5.74) is 3.18. The fraction of sp³-hybridized carbons (Fsp3) is 0.778. The molecule has 3 fully saturated rings. The fourth-order valence-electron chi connectivity index (χ4n) is 3.61. The van der Waals surface area contributed by atoms with Gasteiger partial charge in [0.05, 0.1) is 5.69 Å². The molecule has 0 radical (unpaired) electrons. The fourth-order valence-corrected chi connectivity index (χ4v) is 3.61. The first kappa shape index (κ1) is 13.7. The van der Waals surface area contributed by atoms with E-state index in [1.165, 1.54) is 56.6 Å². The van der Waals surface area contributed by atoms with Crippen LogP contribution in [0.15, 0.2) is 6.07 Å². The van der Waals surface area contributed by atoms with Crippen molar-refractivity contribution in [2.45, 2.75) is 70.8 Å². The second-order valence-electron chi connectivity index (χ2n) is 7.90. The maximum absolute atomic E-state index is 4.94. The van der Waals surface area contributed by atoms with Crippen LogP contribution in [-0.2, 0) is 0 Å². The van der Waals surface area contributed by atoms with Gasteiger partial charge in [-0.05, 0) is 63.0 Å². The first-order valence-corrected chi connectivity index (χ1v) is 8.69. The van der Waals surface area contributed by atoms with Crippen LogP contribution in [0.1, 0.15) is 88.0 Å². The highest BCUT2D eigenvalue weighted by atomic mass is 15.2. The first-order valence-electron chi connectivity index (χ1n) is 8.69. The number of likely N-dealkylation sites (tertiary alicyclic amines) is 1. The van der Waals surface area contributed by atoms with Crippen molar-refractivity contribution in [2.75, 3.05) is 13.1 Å². The molecule has 0 bridgehead atoms. The van der Waals surface area contributed by atoms with Gasteiger partial charge in [-0.2, -0.15) is 0 Å². The molecule has 0 N–H and O–H groups in total. The SMILES string of the molecule is CC(C)c1cc(C(C)N2CCC3(CC3)C2)nc(C2CC2)n1. The lowest BCUT2D eigenvalue weighted by Gasteiger charge is -2.25. The summed E-state index contributed by atoms with van der Waals surface area (Å²) in [5.74, 6) is 2.25. The largest absolute Gasteiger partial charge is 0.294 e. The van der Waals surface area contributed by atoms with Crippen molar-refractivity contribution in [3.63, 3.8) is 0 Å². The predicted octanol–water partition coefficient (Wildman–Crippen LogP) is 4.02. The Bertz CT molecular complexity index is 523. The third kappa shape index (κ3) is 2.61. The van der Waals surface area contributed by atoms with Crippen molar-refractivity contribution in [2.24, 2.45) is 5.41 Å². The number of hydrogen-bond donors (Lipinski definition) is 0. The van der Waals surface area contributed by atoms with Crippen molar-refractivity contribution in [3.8, 4) is 0 Å². The van der Waals surface area contributed by atoms with E-state index >= 15 is 0 Å². The average Bonchev–Trinajstić information content (AvgIpc) is 3.36. The Labute approximate surface area is 128 Å². The molecular weight excluding hydrogens is 258 g/mol. The minimum absolute atomic E-state index is 0.447. The summed E-state index contributed by atoms with van der Waals surface area (Å²) < 4.78 is 0. The molecule has 2 saturated carbocycles. The number of aromatic nitrogens is 2. The molecule has 1 unspecified atom stereocenters. The summed E-state index contributed by atoms with van der Waals surface area (Å²) in [6, 6.07) is 2.71.